The molecule has 0 atom stereocenters. The van der Waals surface area contributed by atoms with Crippen molar-refractivity contribution < 1.29 is 8.42 Å². The van der Waals surface area contributed by atoms with Gasteiger partial charge in [0.15, 0.2) is 0 Å². The third-order valence-corrected chi connectivity index (χ3v) is 4.07. The fraction of sp³-hybridized carbons (Fsp3) is 0.250. The first-order chi connectivity index (χ1) is 9.12. The van der Waals surface area contributed by atoms with Gasteiger partial charge in [-0.3, -0.25) is 0 Å². The molecule has 0 aliphatic carbocycles. The smallest absolute Gasteiger partial charge is 0.240 e. The molecule has 1 heterocycles. The molecular weight excluding hydrogens is 264 g/mol. The molecule has 0 bridgehead atoms. The van der Waals surface area contributed by atoms with Crippen LogP contribution < -0.4 is 10.5 Å². The molecule has 0 radical (unpaired) electrons. The van der Waals surface area contributed by atoms with Gasteiger partial charge in [0, 0.05) is 12.4 Å². The average Bonchev–Trinajstić information content (AvgIpc) is 2.91. The van der Waals surface area contributed by atoms with Crippen LogP contribution in [0.4, 0.5) is 0 Å². The van der Waals surface area contributed by atoms with Crippen molar-refractivity contribution in [3.05, 3.63) is 48.0 Å². The zero-order chi connectivity index (χ0) is 13.7. The van der Waals surface area contributed by atoms with Crippen molar-refractivity contribution in [2.45, 2.75) is 17.9 Å². The van der Waals surface area contributed by atoms with E-state index in [0.717, 1.165) is 12.0 Å². The van der Waals surface area contributed by atoms with Crippen LogP contribution in [0.2, 0.25) is 0 Å². The van der Waals surface area contributed by atoms with Crippen molar-refractivity contribution in [3.8, 4) is 0 Å². The van der Waals surface area contributed by atoms with E-state index >= 15 is 0 Å². The summed E-state index contributed by atoms with van der Waals surface area (Å²) in [6.45, 7) is 0.683. The summed E-state index contributed by atoms with van der Waals surface area (Å²) in [7, 11) is -3.51. The number of nitrogens with zero attached hydrogens (tertiary/aromatic N) is 1. The quantitative estimate of drug-likeness (QED) is 0.712. The minimum absolute atomic E-state index is 0.139. The lowest BCUT2D eigenvalue weighted by molar-refractivity contribution is 0.579. The normalized spacial score (nSPS) is 11.6. The number of benzene rings is 1. The molecule has 2 rings (SSSR count). The Morgan fingerprint density at radius 3 is 2.58 bits per heavy atom. The van der Waals surface area contributed by atoms with Gasteiger partial charge in [0.25, 0.3) is 0 Å². The van der Waals surface area contributed by atoms with Crippen LogP contribution >= 0.6 is 0 Å². The van der Waals surface area contributed by atoms with Crippen LogP contribution in [0, 0.1) is 0 Å². The van der Waals surface area contributed by atoms with Gasteiger partial charge in [-0.15, -0.1) is 0 Å². The highest BCUT2D eigenvalue weighted by molar-refractivity contribution is 7.89. The summed E-state index contributed by atoms with van der Waals surface area (Å²) in [6, 6.07) is 6.70. The van der Waals surface area contributed by atoms with E-state index in [9.17, 15) is 8.42 Å². The summed E-state index contributed by atoms with van der Waals surface area (Å²) < 4.78 is 26.5. The molecule has 0 saturated carbocycles. The Kier molecular flexibility index (Phi) is 4.31. The SMILES string of the molecule is NCCc1ccc(S(=O)(=O)NCc2ncc[nH]2)cc1. The zero-order valence-electron chi connectivity index (χ0n) is 10.3. The van der Waals surface area contributed by atoms with Gasteiger partial charge in [-0.05, 0) is 30.7 Å². The Bertz CT molecular complexity index is 606. The number of sulfonamides is 1. The van der Waals surface area contributed by atoms with Gasteiger partial charge in [-0.2, -0.15) is 0 Å². The molecule has 7 heteroatoms. The maximum atomic E-state index is 12.0. The predicted molar refractivity (Wildman–Crippen MR) is 71.8 cm³/mol. The van der Waals surface area contributed by atoms with Crippen LogP contribution in [0.5, 0.6) is 0 Å². The van der Waals surface area contributed by atoms with E-state index in [-0.39, 0.29) is 11.4 Å². The maximum absolute atomic E-state index is 12.0. The van der Waals surface area contributed by atoms with Crippen molar-refractivity contribution in [3.63, 3.8) is 0 Å². The fourth-order valence-electron chi connectivity index (χ4n) is 1.64. The van der Waals surface area contributed by atoms with E-state index in [1.165, 1.54) is 0 Å². The second-order valence-corrected chi connectivity index (χ2v) is 5.81. The summed E-state index contributed by atoms with van der Waals surface area (Å²) in [6.07, 6.45) is 3.96. The highest BCUT2D eigenvalue weighted by atomic mass is 32.2. The predicted octanol–water partition coefficient (Wildman–Crippen LogP) is 0.389. The lowest BCUT2D eigenvalue weighted by Crippen LogP contribution is -2.23. The third kappa shape index (κ3) is 3.63. The molecule has 0 amide bonds. The molecule has 19 heavy (non-hydrogen) atoms. The number of imidazole rings is 1. The number of nitrogens with two attached hydrogens (primary N) is 1. The Morgan fingerprint density at radius 2 is 2.00 bits per heavy atom. The lowest BCUT2D eigenvalue weighted by Gasteiger charge is -2.06. The highest BCUT2D eigenvalue weighted by Gasteiger charge is 2.13. The van der Waals surface area contributed by atoms with E-state index < -0.39 is 10.0 Å². The Labute approximate surface area is 112 Å². The van der Waals surface area contributed by atoms with E-state index in [1.807, 2.05) is 0 Å². The van der Waals surface area contributed by atoms with Gasteiger partial charge in [-0.25, -0.2) is 18.1 Å². The molecule has 0 unspecified atom stereocenters. The fourth-order valence-corrected chi connectivity index (χ4v) is 2.63. The maximum Gasteiger partial charge on any atom is 0.240 e. The van der Waals surface area contributed by atoms with Crippen LogP contribution in [0.3, 0.4) is 0 Å². The molecular formula is C12H16N4O2S. The van der Waals surface area contributed by atoms with Crippen LogP contribution in [0.25, 0.3) is 0 Å². The molecule has 6 nitrogen and oxygen atoms in total. The number of rotatable bonds is 6. The van der Waals surface area contributed by atoms with E-state index in [0.29, 0.717) is 12.4 Å². The first-order valence-electron chi connectivity index (χ1n) is 5.89. The van der Waals surface area contributed by atoms with Crippen LogP contribution in [0.15, 0.2) is 41.6 Å². The van der Waals surface area contributed by atoms with Crippen LogP contribution in [-0.4, -0.2) is 24.9 Å². The summed E-state index contributed by atoms with van der Waals surface area (Å²) in [5, 5.41) is 0. The second-order valence-electron chi connectivity index (χ2n) is 4.04. The number of H-pyrrole nitrogens is 1. The topological polar surface area (TPSA) is 101 Å². The van der Waals surface area contributed by atoms with Crippen molar-refractivity contribution in [1.29, 1.82) is 0 Å². The Hall–Kier alpha value is -1.70. The molecule has 0 saturated heterocycles. The molecule has 2 aromatic rings. The average molecular weight is 280 g/mol. The van der Waals surface area contributed by atoms with E-state index in [1.54, 1.807) is 36.7 Å². The number of hydrogen-bond acceptors (Lipinski definition) is 4. The van der Waals surface area contributed by atoms with Gasteiger partial charge >= 0.3 is 0 Å². The van der Waals surface area contributed by atoms with Crippen LogP contribution in [-0.2, 0) is 23.0 Å². The molecule has 0 aliphatic rings. The van der Waals surface area contributed by atoms with E-state index in [4.69, 9.17) is 5.73 Å². The summed E-state index contributed by atoms with van der Waals surface area (Å²) in [4.78, 5) is 7.03. The highest BCUT2D eigenvalue weighted by Crippen LogP contribution is 2.11. The molecule has 0 spiro atoms. The zero-order valence-corrected chi connectivity index (χ0v) is 11.2. The van der Waals surface area contributed by atoms with Crippen molar-refractivity contribution in [1.82, 2.24) is 14.7 Å². The lowest BCUT2D eigenvalue weighted by atomic mass is 10.2. The molecule has 4 N–H and O–H groups in total. The summed E-state index contributed by atoms with van der Waals surface area (Å²) in [5.74, 6) is 0.573. The van der Waals surface area contributed by atoms with Gasteiger partial charge in [-0.1, -0.05) is 12.1 Å². The molecule has 1 aromatic carbocycles. The van der Waals surface area contributed by atoms with Gasteiger partial charge in [0.1, 0.15) is 5.82 Å². The Balaban J connectivity index is 2.06. The molecule has 0 fully saturated rings. The minimum Gasteiger partial charge on any atom is -0.347 e. The third-order valence-electron chi connectivity index (χ3n) is 2.65. The van der Waals surface area contributed by atoms with Crippen LogP contribution in [0.1, 0.15) is 11.4 Å². The monoisotopic (exact) mass is 280 g/mol. The second kappa shape index (κ2) is 5.96. The molecule has 102 valence electrons. The number of aromatic nitrogens is 2. The van der Waals surface area contributed by atoms with Gasteiger partial charge in [0.2, 0.25) is 10.0 Å². The minimum atomic E-state index is -3.51. The largest absolute Gasteiger partial charge is 0.347 e. The number of aromatic amines is 1. The molecule has 0 aliphatic heterocycles. The van der Waals surface area contributed by atoms with Gasteiger partial charge in [0.05, 0.1) is 11.4 Å². The summed E-state index contributed by atoms with van der Waals surface area (Å²) >= 11 is 0. The number of nitrogens with one attached hydrogen (secondary N) is 2. The summed E-state index contributed by atoms with van der Waals surface area (Å²) in [5.41, 5.74) is 6.47. The first-order valence-corrected chi connectivity index (χ1v) is 7.37. The van der Waals surface area contributed by atoms with Crippen molar-refractivity contribution >= 4 is 10.0 Å². The standard InChI is InChI=1S/C12H16N4O2S/c13-6-5-10-1-3-11(4-2-10)19(17,18)16-9-12-14-7-8-15-12/h1-4,7-8,16H,5-6,9,13H2,(H,14,15). The van der Waals surface area contributed by atoms with Crippen molar-refractivity contribution in [2.75, 3.05) is 6.54 Å². The first kappa shape index (κ1) is 13.7. The van der Waals surface area contributed by atoms with Crippen molar-refractivity contribution in [2.24, 2.45) is 5.73 Å². The molecule has 1 aromatic heterocycles. The van der Waals surface area contributed by atoms with Gasteiger partial charge < -0.3 is 10.7 Å². The Morgan fingerprint density at radius 1 is 1.26 bits per heavy atom. The van der Waals surface area contributed by atoms with E-state index in [2.05, 4.69) is 14.7 Å². The number of hydrogen-bond donors (Lipinski definition) is 3.